The molecule has 0 aromatic heterocycles. The van der Waals surface area contributed by atoms with Crippen LogP contribution in [-0.4, -0.2) is 0 Å². The smallest absolute Gasteiger partial charge is 0.0425 e. The Hall–Kier alpha value is 3.71. The van der Waals surface area contributed by atoms with E-state index in [1.54, 1.807) is 21.5 Å². The molecule has 0 spiro atoms. The molecule has 0 nitrogen and oxygen atoms in total. The normalized spacial score (nSPS) is 2.00. The second-order valence-corrected chi connectivity index (χ2v) is 0. The minimum atomic E-state index is 0. The van der Waals surface area contributed by atoms with E-state index in [4.69, 9.17) is 0 Å². The maximum absolute atomic E-state index is 4.61. The minimum absolute atomic E-state index is 0. The summed E-state index contributed by atoms with van der Waals surface area (Å²) in [7, 11) is 4.61. The largest absolute Gasteiger partial charge is 0.0425 e. The van der Waals surface area contributed by atoms with Gasteiger partial charge in [0.15, 0.2) is 0 Å². The van der Waals surface area contributed by atoms with Crippen LogP contribution in [-0.2, 0) is 44.8 Å². The van der Waals surface area contributed by atoms with Crippen molar-refractivity contribution in [2.45, 2.75) is 0 Å². The van der Waals surface area contributed by atoms with E-state index in [0.29, 0.717) is 0 Å². The van der Waals surface area contributed by atoms with Gasteiger partial charge in [-0.1, -0.05) is 0 Å². The second-order valence-electron chi connectivity index (χ2n) is 0. The summed E-state index contributed by atoms with van der Waals surface area (Å²) in [5.41, 5.74) is 0. The average molecular weight is 585 g/mol. The molecule has 0 bridgehead atoms. The summed E-state index contributed by atoms with van der Waals surface area (Å²) in [6.45, 7) is 0. The van der Waals surface area contributed by atoms with Crippen molar-refractivity contribution >= 4 is 63.4 Å². The topological polar surface area (TPSA) is 0 Å². The van der Waals surface area contributed by atoms with Gasteiger partial charge in [0.25, 0.3) is 0 Å². The zero-order valence-electron chi connectivity index (χ0n) is 2.11. The van der Waals surface area contributed by atoms with Gasteiger partial charge in [-0.3, -0.25) is 0 Å². The summed E-state index contributed by atoms with van der Waals surface area (Å²) < 4.78 is 0. The fraction of sp³-hybridized carbons (Fsp3) is 0. The SMILES string of the molecule is BrI.ClI.[Ag].[Ag]. The summed E-state index contributed by atoms with van der Waals surface area (Å²) in [5.74, 6) is 0. The molecular formula is Ag2BrClI2. The molecule has 2 radical (unpaired) electrons. The van der Waals surface area contributed by atoms with Crippen molar-refractivity contribution in [3.05, 3.63) is 0 Å². The van der Waals surface area contributed by atoms with Crippen molar-refractivity contribution in [3.8, 4) is 0 Å². The van der Waals surface area contributed by atoms with Crippen LogP contribution in [0, 0.1) is 0 Å². The van der Waals surface area contributed by atoms with Crippen LogP contribution >= 0.6 is 63.4 Å². The Bertz CT molecular complexity index is 11.5. The third-order valence-electron chi connectivity index (χ3n) is 0. The van der Waals surface area contributed by atoms with Crippen molar-refractivity contribution in [1.29, 1.82) is 0 Å². The molecular weight excluding hydrogens is 585 g/mol. The first kappa shape index (κ1) is 22.6. The fourth-order valence-corrected chi connectivity index (χ4v) is 0. The van der Waals surface area contributed by atoms with Crippen molar-refractivity contribution < 1.29 is 44.8 Å². The molecule has 0 atom stereocenters. The maximum atomic E-state index is 4.61. The molecule has 0 aromatic carbocycles. The van der Waals surface area contributed by atoms with Gasteiger partial charge in [-0.2, -0.15) is 0 Å². The third-order valence-corrected chi connectivity index (χ3v) is 0. The molecule has 0 saturated heterocycles. The molecule has 50 valence electrons. The van der Waals surface area contributed by atoms with Crippen molar-refractivity contribution in [1.82, 2.24) is 0 Å². The first-order valence-corrected chi connectivity index (χ1v) is 7.85. The van der Waals surface area contributed by atoms with Crippen molar-refractivity contribution in [3.63, 3.8) is 0 Å². The summed E-state index contributed by atoms with van der Waals surface area (Å²) >= 11 is 6.49. The van der Waals surface area contributed by atoms with Gasteiger partial charge in [0.05, 0.1) is 0 Å². The zero-order chi connectivity index (χ0) is 4.00. The Morgan fingerprint density at radius 2 is 1.00 bits per heavy atom. The van der Waals surface area contributed by atoms with Crippen LogP contribution < -0.4 is 0 Å². The molecule has 0 N–H and O–H groups in total. The third kappa shape index (κ3) is 25.2. The van der Waals surface area contributed by atoms with Gasteiger partial charge in [0, 0.05) is 86.6 Å². The van der Waals surface area contributed by atoms with Crippen molar-refractivity contribution in [2.75, 3.05) is 0 Å². The first-order chi connectivity index (χ1) is 2.00. The fourth-order valence-electron chi connectivity index (χ4n) is 0. The van der Waals surface area contributed by atoms with Crippen LogP contribution in [0.2, 0.25) is 0 Å². The van der Waals surface area contributed by atoms with E-state index >= 15 is 0 Å². The monoisotopic (exact) mass is 582 g/mol. The molecule has 0 aliphatic carbocycles. The summed E-state index contributed by atoms with van der Waals surface area (Å²) in [6.07, 6.45) is 0. The Morgan fingerprint density at radius 3 is 1.00 bits per heavy atom. The molecule has 0 fully saturated rings. The van der Waals surface area contributed by atoms with E-state index in [2.05, 4.69) is 21.6 Å². The Morgan fingerprint density at radius 1 is 1.00 bits per heavy atom. The molecule has 0 amide bonds. The molecule has 0 rings (SSSR count). The molecule has 0 aliphatic heterocycles. The number of hydrogen-bond donors (Lipinski definition) is 0. The molecule has 6 heavy (non-hydrogen) atoms. The van der Waals surface area contributed by atoms with E-state index in [-0.39, 0.29) is 44.8 Å². The molecule has 0 aliphatic rings. The molecule has 0 unspecified atom stereocenters. The maximum Gasteiger partial charge on any atom is 0.0425 e. The Kier molecular flexibility index (Phi) is 142. The predicted octanol–water partition coefficient (Wildman–Crippen LogP) is 3.30. The molecule has 6 heteroatoms. The second kappa shape index (κ2) is 37.6. The number of rotatable bonds is 0. The van der Waals surface area contributed by atoms with Crippen LogP contribution in [0.3, 0.4) is 0 Å². The summed E-state index contributed by atoms with van der Waals surface area (Å²) in [4.78, 5) is 0. The standard InChI is InChI=1S/2Ag.BrI.ClI/c;;2*1-2. The van der Waals surface area contributed by atoms with Gasteiger partial charge in [0.2, 0.25) is 0 Å². The number of hydrogen-bond acceptors (Lipinski definition) is 0. The van der Waals surface area contributed by atoms with Crippen LogP contribution in [0.4, 0.5) is 0 Å². The number of halogens is 4. The molecule has 0 aromatic rings. The van der Waals surface area contributed by atoms with Gasteiger partial charge in [-0.25, -0.2) is 0 Å². The molecule has 0 heterocycles. The van der Waals surface area contributed by atoms with Crippen LogP contribution in [0.25, 0.3) is 0 Å². The predicted molar refractivity (Wildman–Crippen MR) is 42.8 cm³/mol. The van der Waals surface area contributed by atoms with E-state index in [9.17, 15) is 0 Å². The first-order valence-electron chi connectivity index (χ1n) is 0.286. The van der Waals surface area contributed by atoms with Crippen molar-refractivity contribution in [2.24, 2.45) is 0 Å². The van der Waals surface area contributed by atoms with Gasteiger partial charge in [-0.15, -0.1) is 0 Å². The van der Waals surface area contributed by atoms with E-state index in [0.717, 1.165) is 0 Å². The molecule has 0 saturated carbocycles. The van der Waals surface area contributed by atoms with E-state index < -0.39 is 0 Å². The van der Waals surface area contributed by atoms with Crippen LogP contribution in [0.15, 0.2) is 0 Å². The quantitative estimate of drug-likeness (QED) is 0.303. The summed E-state index contributed by atoms with van der Waals surface area (Å²) in [5, 5.41) is 0. The zero-order valence-corrected chi connectivity index (χ0v) is 11.7. The van der Waals surface area contributed by atoms with Gasteiger partial charge in [-0.05, 0) is 21.6 Å². The minimum Gasteiger partial charge on any atom is -0.0425 e. The summed E-state index contributed by atoms with van der Waals surface area (Å²) in [6, 6.07) is 0. The average Bonchev–Trinajstić information content (AvgIpc) is 1.50. The van der Waals surface area contributed by atoms with Crippen LogP contribution in [0.1, 0.15) is 0 Å². The van der Waals surface area contributed by atoms with E-state index in [1.807, 2.05) is 20.4 Å². The Balaban J connectivity index is -0.00000000500. The van der Waals surface area contributed by atoms with Crippen LogP contribution in [0.5, 0.6) is 0 Å². The van der Waals surface area contributed by atoms with Gasteiger partial charge < -0.3 is 0 Å². The van der Waals surface area contributed by atoms with E-state index in [1.165, 1.54) is 0 Å². The van der Waals surface area contributed by atoms with Gasteiger partial charge >= 0.3 is 0 Å². The Labute approximate surface area is 106 Å². The van der Waals surface area contributed by atoms with Gasteiger partial charge in [0.1, 0.15) is 0 Å².